The second-order valence-electron chi connectivity index (χ2n) is 6.94. The number of benzene rings is 3. The van der Waals surface area contributed by atoms with E-state index in [0.717, 1.165) is 28.3 Å². The van der Waals surface area contributed by atoms with Crippen LogP contribution in [0.5, 0.6) is 0 Å². The van der Waals surface area contributed by atoms with Crippen molar-refractivity contribution in [1.82, 2.24) is 4.90 Å². The molecular weight excluding hydrogens is 348 g/mol. The summed E-state index contributed by atoms with van der Waals surface area (Å²) in [5.41, 5.74) is 5.39. The van der Waals surface area contributed by atoms with E-state index < -0.39 is 0 Å². The fourth-order valence-corrected chi connectivity index (χ4v) is 3.59. The van der Waals surface area contributed by atoms with E-state index in [9.17, 15) is 4.79 Å². The number of ether oxygens (including phenoxy) is 1. The van der Waals surface area contributed by atoms with Crippen molar-refractivity contribution in [2.24, 2.45) is 0 Å². The third-order valence-electron chi connectivity index (χ3n) is 5.14. The van der Waals surface area contributed by atoms with Gasteiger partial charge in [0, 0.05) is 13.1 Å². The number of hydrogen-bond donors (Lipinski definition) is 0. The average molecular weight is 368 g/mol. The molecule has 0 fully saturated rings. The van der Waals surface area contributed by atoms with Crippen LogP contribution in [0.1, 0.15) is 27.8 Å². The van der Waals surface area contributed by atoms with Crippen LogP contribution in [0.25, 0.3) is 22.9 Å². The number of nitrogens with zero attached hydrogens (tertiary/aromatic N) is 2. The van der Waals surface area contributed by atoms with E-state index in [2.05, 4.69) is 48.6 Å². The normalized spacial score (nSPS) is 13.4. The lowest BCUT2D eigenvalue weighted by atomic mass is 9.97. The zero-order valence-electron chi connectivity index (χ0n) is 15.7. The molecule has 0 aliphatic carbocycles. The highest BCUT2D eigenvalue weighted by molar-refractivity contribution is 5.87. The maximum Gasteiger partial charge on any atom is 0.409 e. The molecular formula is C24H20N2O2. The van der Waals surface area contributed by atoms with Crippen LogP contribution in [-0.2, 0) is 17.7 Å². The van der Waals surface area contributed by atoms with E-state index in [-0.39, 0.29) is 6.09 Å². The van der Waals surface area contributed by atoms with E-state index in [1.54, 1.807) is 4.90 Å². The first-order valence-corrected chi connectivity index (χ1v) is 9.23. The van der Waals surface area contributed by atoms with Crippen molar-refractivity contribution in [3.8, 4) is 6.07 Å². The van der Waals surface area contributed by atoms with Gasteiger partial charge >= 0.3 is 6.09 Å². The predicted molar refractivity (Wildman–Crippen MR) is 111 cm³/mol. The number of fused-ring (bicyclic) bond motifs is 2. The van der Waals surface area contributed by atoms with E-state index in [0.29, 0.717) is 18.7 Å². The highest BCUT2D eigenvalue weighted by atomic mass is 16.5. The topological polar surface area (TPSA) is 53.3 Å². The van der Waals surface area contributed by atoms with E-state index >= 15 is 0 Å². The fraction of sp³-hybridized carbons (Fsp3) is 0.167. The van der Waals surface area contributed by atoms with Gasteiger partial charge < -0.3 is 9.64 Å². The Morgan fingerprint density at radius 1 is 1.00 bits per heavy atom. The Hall–Kier alpha value is -3.58. The van der Waals surface area contributed by atoms with Gasteiger partial charge in [0.05, 0.1) is 18.7 Å². The molecule has 4 rings (SSSR count). The summed E-state index contributed by atoms with van der Waals surface area (Å²) in [7, 11) is 1.42. The third kappa shape index (κ3) is 3.60. The van der Waals surface area contributed by atoms with Crippen LogP contribution in [0.3, 0.4) is 0 Å². The molecule has 0 bridgehead atoms. The first kappa shape index (κ1) is 17.8. The first-order chi connectivity index (χ1) is 13.7. The van der Waals surface area contributed by atoms with Crippen molar-refractivity contribution in [2.45, 2.75) is 13.0 Å². The number of nitriles is 1. The monoisotopic (exact) mass is 368 g/mol. The van der Waals surface area contributed by atoms with E-state index in [1.165, 1.54) is 18.2 Å². The Morgan fingerprint density at radius 2 is 1.71 bits per heavy atom. The molecule has 0 N–H and O–H groups in total. The van der Waals surface area contributed by atoms with E-state index in [1.807, 2.05) is 24.3 Å². The number of carbonyl (C=O) groups is 1. The second kappa shape index (κ2) is 7.58. The molecule has 3 aromatic carbocycles. The molecule has 1 aliphatic rings. The summed E-state index contributed by atoms with van der Waals surface area (Å²) < 4.78 is 4.82. The zero-order valence-corrected chi connectivity index (χ0v) is 15.7. The fourth-order valence-electron chi connectivity index (χ4n) is 3.59. The lowest BCUT2D eigenvalue weighted by molar-refractivity contribution is 0.118. The number of amides is 1. The maximum absolute atomic E-state index is 11.7. The van der Waals surface area contributed by atoms with Crippen LogP contribution < -0.4 is 0 Å². The van der Waals surface area contributed by atoms with Gasteiger partial charge in [0.1, 0.15) is 0 Å². The summed E-state index contributed by atoms with van der Waals surface area (Å²) in [4.78, 5) is 13.4. The van der Waals surface area contributed by atoms with Crippen LogP contribution in [0.4, 0.5) is 4.79 Å². The van der Waals surface area contributed by atoms with Gasteiger partial charge in [0.25, 0.3) is 0 Å². The van der Waals surface area contributed by atoms with Crippen LogP contribution in [0.15, 0.2) is 54.6 Å². The van der Waals surface area contributed by atoms with Crippen LogP contribution in [0.2, 0.25) is 0 Å². The SMILES string of the molecule is COC(=O)N1CCc2cc(/C=C/c3ccc4cc(C#N)ccc4c3)ccc2C1. The molecule has 4 nitrogen and oxygen atoms in total. The van der Waals surface area contributed by atoms with Crippen molar-refractivity contribution in [3.63, 3.8) is 0 Å². The minimum Gasteiger partial charge on any atom is -0.453 e. The van der Waals surface area contributed by atoms with Gasteiger partial charge in [-0.15, -0.1) is 0 Å². The summed E-state index contributed by atoms with van der Waals surface area (Å²) in [6.07, 6.45) is 4.78. The molecule has 1 heterocycles. The molecule has 0 spiro atoms. The summed E-state index contributed by atoms with van der Waals surface area (Å²) in [5.74, 6) is 0. The molecule has 0 saturated carbocycles. The molecule has 0 radical (unpaired) electrons. The average Bonchev–Trinajstić information content (AvgIpc) is 2.76. The van der Waals surface area contributed by atoms with Crippen LogP contribution >= 0.6 is 0 Å². The highest BCUT2D eigenvalue weighted by Crippen LogP contribution is 2.23. The second-order valence-corrected chi connectivity index (χ2v) is 6.94. The Bertz CT molecular complexity index is 1130. The van der Waals surface area contributed by atoms with Crippen LogP contribution in [-0.4, -0.2) is 24.6 Å². The molecule has 28 heavy (non-hydrogen) atoms. The summed E-state index contributed by atoms with van der Waals surface area (Å²) >= 11 is 0. The molecule has 4 heteroatoms. The van der Waals surface area contributed by atoms with Gasteiger partial charge in [0.2, 0.25) is 0 Å². The van der Waals surface area contributed by atoms with Crippen molar-refractivity contribution in [1.29, 1.82) is 5.26 Å². The van der Waals surface area contributed by atoms with Gasteiger partial charge in [-0.3, -0.25) is 0 Å². The molecule has 1 aliphatic heterocycles. The van der Waals surface area contributed by atoms with Gasteiger partial charge in [-0.1, -0.05) is 48.6 Å². The molecule has 0 aromatic heterocycles. The van der Waals surface area contributed by atoms with Gasteiger partial charge in [-0.05, 0) is 57.6 Å². The number of carbonyl (C=O) groups excluding carboxylic acids is 1. The molecule has 0 saturated heterocycles. The standard InChI is InChI=1S/C24H20N2O2/c1-28-24(27)26-11-10-22-13-18(5-9-23(22)16-26)3-2-17-4-7-21-14-19(15-25)6-8-20(21)12-17/h2-9,12-14H,10-11,16H2,1H3/b3-2+. The maximum atomic E-state index is 11.7. The first-order valence-electron chi connectivity index (χ1n) is 9.23. The summed E-state index contributed by atoms with van der Waals surface area (Å²) in [5, 5.41) is 11.2. The third-order valence-corrected chi connectivity index (χ3v) is 5.14. The summed E-state index contributed by atoms with van der Waals surface area (Å²) in [6, 6.07) is 20.5. The van der Waals surface area contributed by atoms with Crippen LogP contribution in [0, 0.1) is 11.3 Å². The van der Waals surface area contributed by atoms with Gasteiger partial charge in [-0.25, -0.2) is 4.79 Å². The molecule has 0 atom stereocenters. The molecule has 138 valence electrons. The van der Waals surface area contributed by atoms with Gasteiger partial charge in [-0.2, -0.15) is 5.26 Å². The lowest BCUT2D eigenvalue weighted by Crippen LogP contribution is -2.35. The minimum absolute atomic E-state index is 0.271. The lowest BCUT2D eigenvalue weighted by Gasteiger charge is -2.27. The Labute approximate surface area is 164 Å². The number of rotatable bonds is 2. The number of hydrogen-bond acceptors (Lipinski definition) is 3. The minimum atomic E-state index is -0.271. The van der Waals surface area contributed by atoms with Crippen molar-refractivity contribution in [3.05, 3.63) is 82.4 Å². The van der Waals surface area contributed by atoms with Crippen molar-refractivity contribution in [2.75, 3.05) is 13.7 Å². The molecule has 1 amide bonds. The number of methoxy groups -OCH3 is 1. The van der Waals surface area contributed by atoms with Crippen molar-refractivity contribution < 1.29 is 9.53 Å². The quantitative estimate of drug-likeness (QED) is 0.598. The Balaban J connectivity index is 1.53. The van der Waals surface area contributed by atoms with E-state index in [4.69, 9.17) is 10.00 Å². The Kier molecular flexibility index (Phi) is 4.82. The van der Waals surface area contributed by atoms with Gasteiger partial charge in [0.15, 0.2) is 0 Å². The van der Waals surface area contributed by atoms with Crippen molar-refractivity contribution >= 4 is 29.0 Å². The molecule has 0 unspecified atom stereocenters. The predicted octanol–water partition coefficient (Wildman–Crippen LogP) is 5.01. The zero-order chi connectivity index (χ0) is 19.5. The molecule has 3 aromatic rings. The Morgan fingerprint density at radius 3 is 2.50 bits per heavy atom. The largest absolute Gasteiger partial charge is 0.453 e. The summed E-state index contributed by atoms with van der Waals surface area (Å²) in [6.45, 7) is 1.28. The highest BCUT2D eigenvalue weighted by Gasteiger charge is 2.20. The smallest absolute Gasteiger partial charge is 0.409 e.